The normalized spacial score (nSPS) is 20.0. The highest BCUT2D eigenvalue weighted by molar-refractivity contribution is 7.89. The lowest BCUT2D eigenvalue weighted by Crippen LogP contribution is -2.46. The van der Waals surface area contributed by atoms with E-state index in [9.17, 15) is 8.42 Å². The van der Waals surface area contributed by atoms with Gasteiger partial charge in [0, 0.05) is 26.2 Å². The first-order valence-electron chi connectivity index (χ1n) is 10.6. The molecule has 0 spiro atoms. The van der Waals surface area contributed by atoms with Crippen molar-refractivity contribution in [3.63, 3.8) is 0 Å². The predicted octanol–water partition coefficient (Wildman–Crippen LogP) is 3.11. The van der Waals surface area contributed by atoms with Gasteiger partial charge in [-0.3, -0.25) is 0 Å². The van der Waals surface area contributed by atoms with Crippen LogP contribution in [0.5, 0.6) is 0 Å². The molecule has 6 nitrogen and oxygen atoms in total. The van der Waals surface area contributed by atoms with Gasteiger partial charge in [-0.25, -0.2) is 13.4 Å². The number of guanidine groups is 1. The summed E-state index contributed by atoms with van der Waals surface area (Å²) in [5.41, 5.74) is 1.44. The minimum absolute atomic E-state index is 0.377. The second-order valence-corrected chi connectivity index (χ2v) is 9.95. The summed E-state index contributed by atoms with van der Waals surface area (Å²) in [5.74, 6) is 0.830. The summed E-state index contributed by atoms with van der Waals surface area (Å²) in [6.45, 7) is 7.90. The topological polar surface area (TPSA) is 73.8 Å². The van der Waals surface area contributed by atoms with Crippen molar-refractivity contribution in [3.8, 4) is 0 Å². The van der Waals surface area contributed by atoms with E-state index in [2.05, 4.69) is 29.5 Å². The van der Waals surface area contributed by atoms with E-state index in [-0.39, 0.29) is 0 Å². The zero-order valence-corrected chi connectivity index (χ0v) is 18.0. The average molecular weight is 407 g/mol. The van der Waals surface area contributed by atoms with Gasteiger partial charge in [-0.05, 0) is 62.1 Å². The predicted molar refractivity (Wildman–Crippen MR) is 114 cm³/mol. The van der Waals surface area contributed by atoms with Gasteiger partial charge >= 0.3 is 0 Å². The largest absolute Gasteiger partial charge is 0.357 e. The molecule has 2 aliphatic rings. The SMILES string of the molecule is CCNC(=NCc1ccc(S(=O)(=O)N2CCCC2)cc1)NCC1(CC)CCC1. The van der Waals surface area contributed by atoms with Gasteiger partial charge in [-0.15, -0.1) is 0 Å². The zero-order chi connectivity index (χ0) is 20.0. The molecule has 1 aromatic carbocycles. The molecule has 1 aliphatic carbocycles. The molecule has 156 valence electrons. The summed E-state index contributed by atoms with van der Waals surface area (Å²) in [5, 5.41) is 6.80. The Balaban J connectivity index is 1.61. The third kappa shape index (κ3) is 4.87. The Hall–Kier alpha value is -1.60. The van der Waals surface area contributed by atoms with Gasteiger partial charge in [-0.1, -0.05) is 25.5 Å². The molecule has 0 radical (unpaired) electrons. The molecule has 1 saturated carbocycles. The highest BCUT2D eigenvalue weighted by atomic mass is 32.2. The molecule has 3 rings (SSSR count). The van der Waals surface area contributed by atoms with Crippen molar-refractivity contribution in [2.45, 2.75) is 63.8 Å². The molecule has 1 saturated heterocycles. The summed E-state index contributed by atoms with van der Waals surface area (Å²) >= 11 is 0. The first-order chi connectivity index (χ1) is 13.5. The smallest absolute Gasteiger partial charge is 0.243 e. The van der Waals surface area contributed by atoms with Crippen LogP contribution >= 0.6 is 0 Å². The Morgan fingerprint density at radius 1 is 1.07 bits per heavy atom. The van der Waals surface area contributed by atoms with E-state index in [1.807, 2.05) is 12.1 Å². The summed E-state index contributed by atoms with van der Waals surface area (Å²) in [4.78, 5) is 5.06. The van der Waals surface area contributed by atoms with Crippen LogP contribution < -0.4 is 10.6 Å². The third-order valence-electron chi connectivity index (χ3n) is 6.19. The average Bonchev–Trinajstić information content (AvgIpc) is 3.21. The maximum atomic E-state index is 12.6. The molecule has 0 amide bonds. The van der Waals surface area contributed by atoms with Gasteiger partial charge in [-0.2, -0.15) is 4.31 Å². The molecule has 1 heterocycles. The van der Waals surface area contributed by atoms with Crippen molar-refractivity contribution in [1.82, 2.24) is 14.9 Å². The number of sulfonamides is 1. The van der Waals surface area contributed by atoms with Crippen LogP contribution in [-0.2, 0) is 16.6 Å². The minimum atomic E-state index is -3.35. The highest BCUT2D eigenvalue weighted by Gasteiger charge is 2.34. The quantitative estimate of drug-likeness (QED) is 0.514. The summed E-state index contributed by atoms with van der Waals surface area (Å²) in [7, 11) is -3.35. The number of nitrogens with zero attached hydrogens (tertiary/aromatic N) is 2. The highest BCUT2D eigenvalue weighted by Crippen LogP contribution is 2.42. The lowest BCUT2D eigenvalue weighted by atomic mass is 9.67. The van der Waals surface area contributed by atoms with Crippen molar-refractivity contribution in [3.05, 3.63) is 29.8 Å². The number of nitrogens with one attached hydrogen (secondary N) is 2. The second kappa shape index (κ2) is 9.27. The summed E-state index contributed by atoms with van der Waals surface area (Å²) in [6.07, 6.45) is 7.02. The Bertz CT molecular complexity index is 759. The van der Waals surface area contributed by atoms with Gasteiger partial charge in [0.25, 0.3) is 0 Å². The van der Waals surface area contributed by atoms with Crippen molar-refractivity contribution < 1.29 is 8.42 Å². The lowest BCUT2D eigenvalue weighted by molar-refractivity contribution is 0.131. The number of hydrogen-bond acceptors (Lipinski definition) is 3. The second-order valence-electron chi connectivity index (χ2n) is 8.01. The van der Waals surface area contributed by atoms with E-state index in [1.54, 1.807) is 16.4 Å². The number of benzene rings is 1. The first-order valence-corrected chi connectivity index (χ1v) is 12.0. The number of rotatable bonds is 8. The van der Waals surface area contributed by atoms with Crippen molar-refractivity contribution >= 4 is 16.0 Å². The fraction of sp³-hybridized carbons (Fsp3) is 0.667. The molecular weight excluding hydrogens is 372 g/mol. The Morgan fingerprint density at radius 2 is 1.75 bits per heavy atom. The Kier molecular flexibility index (Phi) is 6.99. The molecule has 1 aliphatic heterocycles. The van der Waals surface area contributed by atoms with Crippen LogP contribution in [0.1, 0.15) is 57.9 Å². The number of aliphatic imine (C=N–C) groups is 1. The van der Waals surface area contributed by atoms with Crippen molar-refractivity contribution in [1.29, 1.82) is 0 Å². The molecule has 28 heavy (non-hydrogen) atoms. The zero-order valence-electron chi connectivity index (χ0n) is 17.2. The molecule has 2 N–H and O–H groups in total. The van der Waals surface area contributed by atoms with Gasteiger partial charge < -0.3 is 10.6 Å². The van der Waals surface area contributed by atoms with E-state index >= 15 is 0 Å². The molecule has 0 aromatic heterocycles. The summed E-state index contributed by atoms with van der Waals surface area (Å²) in [6, 6.07) is 7.16. The monoisotopic (exact) mass is 406 g/mol. The van der Waals surface area contributed by atoms with Crippen LogP contribution in [0.25, 0.3) is 0 Å². The molecule has 0 atom stereocenters. The fourth-order valence-corrected chi connectivity index (χ4v) is 5.48. The van der Waals surface area contributed by atoms with Gasteiger partial charge in [0.05, 0.1) is 11.4 Å². The van der Waals surface area contributed by atoms with E-state index in [0.717, 1.165) is 37.5 Å². The van der Waals surface area contributed by atoms with Gasteiger partial charge in [0.1, 0.15) is 0 Å². The lowest BCUT2D eigenvalue weighted by Gasteiger charge is -2.41. The van der Waals surface area contributed by atoms with Gasteiger partial charge in [0.15, 0.2) is 5.96 Å². The third-order valence-corrected chi connectivity index (χ3v) is 8.10. The Morgan fingerprint density at radius 3 is 2.29 bits per heavy atom. The summed E-state index contributed by atoms with van der Waals surface area (Å²) < 4.78 is 26.8. The molecular formula is C21H34N4O2S. The van der Waals surface area contributed by atoms with E-state index in [4.69, 9.17) is 0 Å². The van der Waals surface area contributed by atoms with Crippen LogP contribution in [0.3, 0.4) is 0 Å². The maximum absolute atomic E-state index is 12.6. The van der Waals surface area contributed by atoms with Crippen LogP contribution in [0, 0.1) is 5.41 Å². The molecule has 7 heteroatoms. The van der Waals surface area contributed by atoms with Crippen LogP contribution in [0.4, 0.5) is 0 Å². The molecule has 0 bridgehead atoms. The minimum Gasteiger partial charge on any atom is -0.357 e. The van der Waals surface area contributed by atoms with Crippen LogP contribution in [0.2, 0.25) is 0 Å². The van der Waals surface area contributed by atoms with Crippen molar-refractivity contribution in [2.24, 2.45) is 10.4 Å². The molecule has 1 aromatic rings. The van der Waals surface area contributed by atoms with E-state index < -0.39 is 10.0 Å². The molecule has 2 fully saturated rings. The standard InChI is InChI=1S/C21H34N4O2S/c1-3-21(12-7-13-21)17-24-20(22-4-2)23-16-18-8-10-19(11-9-18)28(26,27)25-14-5-6-15-25/h8-11H,3-7,12-17H2,1-2H3,(H2,22,23,24). The maximum Gasteiger partial charge on any atom is 0.243 e. The Labute approximate surface area is 169 Å². The molecule has 0 unspecified atom stereocenters. The van der Waals surface area contributed by atoms with Gasteiger partial charge in [0.2, 0.25) is 10.0 Å². The van der Waals surface area contributed by atoms with Crippen LogP contribution in [0.15, 0.2) is 34.2 Å². The van der Waals surface area contributed by atoms with Crippen LogP contribution in [-0.4, -0.2) is 44.9 Å². The van der Waals surface area contributed by atoms with Crippen molar-refractivity contribution in [2.75, 3.05) is 26.2 Å². The van der Waals surface area contributed by atoms with E-state index in [0.29, 0.717) is 29.9 Å². The van der Waals surface area contributed by atoms with E-state index in [1.165, 1.54) is 25.7 Å². The fourth-order valence-electron chi connectivity index (χ4n) is 3.96. The first kappa shape index (κ1) is 21.1. The number of hydrogen-bond donors (Lipinski definition) is 2.